The molecule has 2 aliphatic rings. The number of hydrogen-bond donors (Lipinski definition) is 1. The lowest BCUT2D eigenvalue weighted by atomic mass is 10.1. The number of ether oxygens (including phenoxy) is 1. The van der Waals surface area contributed by atoms with Crippen LogP contribution in [0.1, 0.15) is 24.4 Å². The Morgan fingerprint density at radius 2 is 2.14 bits per heavy atom. The van der Waals surface area contributed by atoms with Gasteiger partial charge < -0.3 is 9.84 Å². The van der Waals surface area contributed by atoms with E-state index in [1.165, 1.54) is 12.0 Å². The summed E-state index contributed by atoms with van der Waals surface area (Å²) in [7, 11) is 1.95. The van der Waals surface area contributed by atoms with Gasteiger partial charge in [-0.1, -0.05) is 0 Å². The molecule has 1 aromatic rings. The van der Waals surface area contributed by atoms with Gasteiger partial charge in [0.15, 0.2) is 0 Å². The Morgan fingerprint density at radius 3 is 2.86 bits per heavy atom. The van der Waals surface area contributed by atoms with Gasteiger partial charge in [-0.3, -0.25) is 14.5 Å². The van der Waals surface area contributed by atoms with Crippen molar-refractivity contribution in [2.75, 3.05) is 45.9 Å². The Balaban J connectivity index is 1.53. The maximum Gasteiger partial charge on any atom is 0.0794 e. The summed E-state index contributed by atoms with van der Waals surface area (Å²) in [6.07, 6.45) is 6.12. The second kappa shape index (κ2) is 6.87. The van der Waals surface area contributed by atoms with E-state index in [1.807, 2.05) is 17.9 Å². The van der Waals surface area contributed by atoms with E-state index in [2.05, 4.69) is 21.1 Å². The zero-order valence-corrected chi connectivity index (χ0v) is 12.8. The fourth-order valence-electron chi connectivity index (χ4n) is 3.44. The van der Waals surface area contributed by atoms with Crippen LogP contribution in [0.4, 0.5) is 0 Å². The molecule has 3 rings (SSSR count). The van der Waals surface area contributed by atoms with Crippen LogP contribution >= 0.6 is 0 Å². The molecule has 0 aliphatic carbocycles. The van der Waals surface area contributed by atoms with Gasteiger partial charge in [0.2, 0.25) is 0 Å². The summed E-state index contributed by atoms with van der Waals surface area (Å²) < 4.78 is 7.21. The van der Waals surface area contributed by atoms with Crippen molar-refractivity contribution in [3.8, 4) is 0 Å². The lowest BCUT2D eigenvalue weighted by Gasteiger charge is -2.31. The number of nitrogens with zero attached hydrogens (tertiary/aromatic N) is 4. The van der Waals surface area contributed by atoms with E-state index in [4.69, 9.17) is 4.74 Å². The topological polar surface area (TPSA) is 53.8 Å². The number of rotatable bonds is 5. The van der Waals surface area contributed by atoms with Gasteiger partial charge in [-0.25, -0.2) is 0 Å². The molecule has 2 atom stereocenters. The molecule has 0 unspecified atom stereocenters. The third-order valence-electron chi connectivity index (χ3n) is 4.49. The van der Waals surface area contributed by atoms with Gasteiger partial charge in [0.1, 0.15) is 0 Å². The van der Waals surface area contributed by atoms with Crippen LogP contribution < -0.4 is 0 Å². The Hall–Kier alpha value is -0.950. The minimum absolute atomic E-state index is 0.291. The third-order valence-corrected chi connectivity index (χ3v) is 4.49. The molecule has 0 amide bonds. The molecular weight excluding hydrogens is 268 g/mol. The van der Waals surface area contributed by atoms with Crippen LogP contribution in [-0.2, 0) is 11.8 Å². The largest absolute Gasteiger partial charge is 0.390 e. The van der Waals surface area contributed by atoms with Crippen molar-refractivity contribution in [1.82, 2.24) is 19.6 Å². The molecule has 2 aliphatic heterocycles. The van der Waals surface area contributed by atoms with E-state index in [-0.39, 0.29) is 6.10 Å². The normalized spacial score (nSPS) is 26.3. The van der Waals surface area contributed by atoms with Crippen molar-refractivity contribution in [2.45, 2.75) is 25.0 Å². The Morgan fingerprint density at radius 1 is 1.33 bits per heavy atom. The third kappa shape index (κ3) is 3.83. The molecule has 0 aromatic carbocycles. The molecule has 6 nitrogen and oxygen atoms in total. The average molecular weight is 294 g/mol. The van der Waals surface area contributed by atoms with Gasteiger partial charge in [0.05, 0.1) is 25.5 Å². The van der Waals surface area contributed by atoms with Crippen LogP contribution in [0, 0.1) is 0 Å². The van der Waals surface area contributed by atoms with Crippen LogP contribution in [0.15, 0.2) is 12.4 Å². The highest BCUT2D eigenvalue weighted by atomic mass is 16.5. The van der Waals surface area contributed by atoms with Gasteiger partial charge in [-0.2, -0.15) is 5.10 Å². The fraction of sp³-hybridized carbons (Fsp3) is 0.800. The second-order valence-electron chi connectivity index (χ2n) is 6.17. The molecule has 1 N–H and O–H groups in total. The molecule has 118 valence electrons. The molecular formula is C15H26N4O2. The summed E-state index contributed by atoms with van der Waals surface area (Å²) in [6, 6.07) is 0.415. The zero-order valence-electron chi connectivity index (χ0n) is 12.8. The quantitative estimate of drug-likeness (QED) is 0.844. The summed E-state index contributed by atoms with van der Waals surface area (Å²) in [4.78, 5) is 4.70. The molecule has 0 radical (unpaired) electrons. The molecule has 6 heteroatoms. The predicted octanol–water partition coefficient (Wildman–Crippen LogP) is 0.250. The van der Waals surface area contributed by atoms with Gasteiger partial charge in [-0.15, -0.1) is 0 Å². The number of morpholine rings is 1. The summed E-state index contributed by atoms with van der Waals surface area (Å²) in [5, 5.41) is 14.7. The lowest BCUT2D eigenvalue weighted by molar-refractivity contribution is 0.00585. The number of aliphatic hydroxyl groups is 1. The highest BCUT2D eigenvalue weighted by Gasteiger charge is 2.29. The first kappa shape index (κ1) is 15.0. The summed E-state index contributed by atoms with van der Waals surface area (Å²) in [5.41, 5.74) is 1.27. The van der Waals surface area contributed by atoms with Crippen molar-refractivity contribution < 1.29 is 9.84 Å². The zero-order chi connectivity index (χ0) is 14.7. The predicted molar refractivity (Wildman–Crippen MR) is 80.0 cm³/mol. The van der Waals surface area contributed by atoms with E-state index >= 15 is 0 Å². The first-order valence-corrected chi connectivity index (χ1v) is 7.93. The van der Waals surface area contributed by atoms with Crippen LogP contribution in [-0.4, -0.2) is 76.7 Å². The Bertz CT molecular complexity index is 445. The van der Waals surface area contributed by atoms with Crippen molar-refractivity contribution >= 4 is 0 Å². The van der Waals surface area contributed by atoms with E-state index in [0.29, 0.717) is 6.04 Å². The molecule has 0 bridgehead atoms. The molecule has 1 aromatic heterocycles. The van der Waals surface area contributed by atoms with E-state index in [0.717, 1.165) is 52.4 Å². The van der Waals surface area contributed by atoms with Crippen molar-refractivity contribution in [2.24, 2.45) is 7.05 Å². The maximum absolute atomic E-state index is 10.4. The van der Waals surface area contributed by atoms with E-state index in [1.54, 1.807) is 0 Å². The summed E-state index contributed by atoms with van der Waals surface area (Å²) in [5.74, 6) is 0. The van der Waals surface area contributed by atoms with Crippen molar-refractivity contribution in [3.05, 3.63) is 18.0 Å². The maximum atomic E-state index is 10.4. The number of aryl methyl sites for hydroxylation is 1. The van der Waals surface area contributed by atoms with Gasteiger partial charge in [-0.05, 0) is 19.4 Å². The van der Waals surface area contributed by atoms with Gasteiger partial charge in [0, 0.05) is 51.0 Å². The van der Waals surface area contributed by atoms with Crippen LogP contribution in [0.5, 0.6) is 0 Å². The Labute approximate surface area is 126 Å². The van der Waals surface area contributed by atoms with Crippen LogP contribution in [0.25, 0.3) is 0 Å². The molecule has 2 saturated heterocycles. The Kier molecular flexibility index (Phi) is 4.90. The summed E-state index contributed by atoms with van der Waals surface area (Å²) in [6.45, 7) is 6.01. The molecule has 21 heavy (non-hydrogen) atoms. The highest BCUT2D eigenvalue weighted by Crippen LogP contribution is 2.31. The van der Waals surface area contributed by atoms with E-state index < -0.39 is 0 Å². The molecule has 2 fully saturated rings. The van der Waals surface area contributed by atoms with Crippen molar-refractivity contribution in [3.63, 3.8) is 0 Å². The monoisotopic (exact) mass is 294 g/mol. The standard InChI is InChI=1S/C15H26N4O2/c1-17-10-13(9-16-17)15-3-2-4-19(15)12-14(20)11-18-5-7-21-8-6-18/h9-10,14-15,20H,2-8,11-12H2,1H3/t14-,15-/m0/s1. The number of β-amino-alcohol motifs (C(OH)–C–C–N with tert-alkyl or cyclic N) is 1. The van der Waals surface area contributed by atoms with Crippen LogP contribution in [0.3, 0.4) is 0 Å². The lowest BCUT2D eigenvalue weighted by Crippen LogP contribution is -2.44. The highest BCUT2D eigenvalue weighted by molar-refractivity contribution is 5.12. The van der Waals surface area contributed by atoms with Crippen LogP contribution in [0.2, 0.25) is 0 Å². The molecule has 3 heterocycles. The number of likely N-dealkylation sites (tertiary alicyclic amines) is 1. The molecule has 0 saturated carbocycles. The van der Waals surface area contributed by atoms with Crippen molar-refractivity contribution in [1.29, 1.82) is 0 Å². The number of aliphatic hydroxyl groups excluding tert-OH is 1. The number of hydrogen-bond acceptors (Lipinski definition) is 5. The minimum atomic E-state index is -0.291. The van der Waals surface area contributed by atoms with Gasteiger partial charge in [0.25, 0.3) is 0 Å². The first-order valence-electron chi connectivity index (χ1n) is 7.93. The second-order valence-corrected chi connectivity index (χ2v) is 6.17. The SMILES string of the molecule is Cn1cc([C@@H]2CCCN2C[C@@H](O)CN2CCOCC2)cn1. The smallest absolute Gasteiger partial charge is 0.0794 e. The fourth-order valence-corrected chi connectivity index (χ4v) is 3.44. The first-order chi connectivity index (χ1) is 10.2. The number of aromatic nitrogens is 2. The summed E-state index contributed by atoms with van der Waals surface area (Å²) >= 11 is 0. The van der Waals surface area contributed by atoms with Gasteiger partial charge >= 0.3 is 0 Å². The van der Waals surface area contributed by atoms with E-state index in [9.17, 15) is 5.11 Å². The minimum Gasteiger partial charge on any atom is -0.390 e. The molecule has 0 spiro atoms. The average Bonchev–Trinajstić information content (AvgIpc) is 3.08.